The van der Waals surface area contributed by atoms with E-state index in [0.29, 0.717) is 18.7 Å². The van der Waals surface area contributed by atoms with E-state index in [1.807, 2.05) is 37.3 Å². The van der Waals surface area contributed by atoms with Crippen LogP contribution in [-0.4, -0.2) is 28.5 Å². The average molecular weight is 286 g/mol. The molecule has 0 spiro atoms. The normalized spacial score (nSPS) is 12.0. The summed E-state index contributed by atoms with van der Waals surface area (Å²) in [4.78, 5) is 26.9. The first-order chi connectivity index (χ1) is 10.1. The van der Waals surface area contributed by atoms with Crippen LogP contribution >= 0.6 is 0 Å². The number of carboxylic acid groups (broad SMARTS) is 1. The van der Waals surface area contributed by atoms with Crippen molar-refractivity contribution in [3.8, 4) is 0 Å². The Bertz CT molecular complexity index is 650. The quantitative estimate of drug-likeness (QED) is 0.855. The fourth-order valence-electron chi connectivity index (χ4n) is 2.12. The molecule has 2 rings (SSSR count). The molecule has 1 amide bonds. The molecule has 0 saturated carbocycles. The summed E-state index contributed by atoms with van der Waals surface area (Å²) < 4.78 is 0. The van der Waals surface area contributed by atoms with E-state index in [4.69, 9.17) is 5.11 Å². The molecule has 1 aromatic heterocycles. The van der Waals surface area contributed by atoms with E-state index < -0.39 is 5.97 Å². The fraction of sp³-hybridized carbons (Fsp3) is 0.312. The van der Waals surface area contributed by atoms with Gasteiger partial charge in [-0.1, -0.05) is 31.2 Å². The van der Waals surface area contributed by atoms with Gasteiger partial charge in [0, 0.05) is 24.5 Å². The summed E-state index contributed by atoms with van der Waals surface area (Å²) in [7, 11) is 0. The van der Waals surface area contributed by atoms with Gasteiger partial charge in [-0.05, 0) is 23.8 Å². The summed E-state index contributed by atoms with van der Waals surface area (Å²) >= 11 is 0. The molecule has 2 aromatic rings. The number of benzene rings is 1. The number of fused-ring (bicyclic) bond motifs is 1. The number of nitrogens with zero attached hydrogens (tertiary/aromatic N) is 1. The average Bonchev–Trinajstić information content (AvgIpc) is 2.50. The SMILES string of the molecule is CC(CCC(=O)O)CNC(=O)c1nccc2ccccc12. The van der Waals surface area contributed by atoms with Crippen LogP contribution in [0.2, 0.25) is 0 Å². The lowest BCUT2D eigenvalue weighted by Gasteiger charge is -2.12. The van der Waals surface area contributed by atoms with E-state index in [-0.39, 0.29) is 18.2 Å². The summed E-state index contributed by atoms with van der Waals surface area (Å²) in [5, 5.41) is 13.2. The highest BCUT2D eigenvalue weighted by molar-refractivity contribution is 6.05. The van der Waals surface area contributed by atoms with Gasteiger partial charge < -0.3 is 10.4 Å². The number of carboxylic acids is 1. The maximum absolute atomic E-state index is 12.2. The van der Waals surface area contributed by atoms with Crippen LogP contribution < -0.4 is 5.32 Å². The first kappa shape index (κ1) is 15.0. The van der Waals surface area contributed by atoms with Crippen LogP contribution in [0.3, 0.4) is 0 Å². The van der Waals surface area contributed by atoms with Crippen LogP contribution in [0.5, 0.6) is 0 Å². The zero-order valence-electron chi connectivity index (χ0n) is 11.9. The van der Waals surface area contributed by atoms with Crippen molar-refractivity contribution in [3.63, 3.8) is 0 Å². The number of aliphatic carboxylic acids is 1. The predicted molar refractivity (Wildman–Crippen MR) is 80.1 cm³/mol. The van der Waals surface area contributed by atoms with Gasteiger partial charge in [0.15, 0.2) is 0 Å². The molecule has 0 radical (unpaired) electrons. The largest absolute Gasteiger partial charge is 0.481 e. The van der Waals surface area contributed by atoms with E-state index in [1.165, 1.54) is 0 Å². The van der Waals surface area contributed by atoms with Gasteiger partial charge in [-0.25, -0.2) is 0 Å². The number of rotatable bonds is 6. The Kier molecular flexibility index (Phi) is 4.87. The van der Waals surface area contributed by atoms with Crippen LogP contribution in [-0.2, 0) is 4.79 Å². The Balaban J connectivity index is 2.01. The van der Waals surface area contributed by atoms with Crippen LogP contribution in [0.15, 0.2) is 36.5 Å². The highest BCUT2D eigenvalue weighted by atomic mass is 16.4. The summed E-state index contributed by atoms with van der Waals surface area (Å²) in [5.41, 5.74) is 0.401. The number of pyridine rings is 1. The number of carbonyl (C=O) groups is 2. The zero-order valence-corrected chi connectivity index (χ0v) is 11.9. The Hall–Kier alpha value is -2.43. The minimum Gasteiger partial charge on any atom is -0.481 e. The number of carbonyl (C=O) groups excluding carboxylic acids is 1. The lowest BCUT2D eigenvalue weighted by molar-refractivity contribution is -0.137. The van der Waals surface area contributed by atoms with E-state index in [0.717, 1.165) is 10.8 Å². The minimum absolute atomic E-state index is 0.111. The third kappa shape index (κ3) is 4.02. The minimum atomic E-state index is -0.816. The number of hydrogen-bond acceptors (Lipinski definition) is 3. The monoisotopic (exact) mass is 286 g/mol. The van der Waals surface area contributed by atoms with Crippen molar-refractivity contribution in [1.29, 1.82) is 0 Å². The van der Waals surface area contributed by atoms with Gasteiger partial charge in [-0.3, -0.25) is 14.6 Å². The third-order valence-corrected chi connectivity index (χ3v) is 3.35. The molecule has 5 heteroatoms. The molecular formula is C16H18N2O3. The smallest absolute Gasteiger partial charge is 0.303 e. The molecule has 21 heavy (non-hydrogen) atoms. The molecule has 0 aliphatic carbocycles. The van der Waals surface area contributed by atoms with Crippen molar-refractivity contribution in [2.75, 3.05) is 6.54 Å². The van der Waals surface area contributed by atoms with E-state index in [1.54, 1.807) is 6.20 Å². The number of aromatic nitrogens is 1. The molecule has 0 saturated heterocycles. The number of nitrogens with one attached hydrogen (secondary N) is 1. The first-order valence-corrected chi connectivity index (χ1v) is 6.91. The Labute approximate surface area is 123 Å². The van der Waals surface area contributed by atoms with Crippen molar-refractivity contribution >= 4 is 22.6 Å². The topological polar surface area (TPSA) is 79.3 Å². The van der Waals surface area contributed by atoms with Crippen LogP contribution in [0.1, 0.15) is 30.3 Å². The molecule has 2 N–H and O–H groups in total. The van der Waals surface area contributed by atoms with Crippen LogP contribution in [0, 0.1) is 5.92 Å². The van der Waals surface area contributed by atoms with E-state index in [9.17, 15) is 9.59 Å². The lowest BCUT2D eigenvalue weighted by atomic mass is 10.1. The second kappa shape index (κ2) is 6.83. The highest BCUT2D eigenvalue weighted by Crippen LogP contribution is 2.16. The molecule has 1 unspecified atom stereocenters. The second-order valence-corrected chi connectivity index (χ2v) is 5.13. The molecule has 1 atom stereocenters. The van der Waals surface area contributed by atoms with Crippen molar-refractivity contribution in [1.82, 2.24) is 10.3 Å². The van der Waals surface area contributed by atoms with Crippen molar-refractivity contribution in [2.24, 2.45) is 5.92 Å². The molecule has 1 heterocycles. The summed E-state index contributed by atoms with van der Waals surface area (Å²) in [6.45, 7) is 2.36. The number of hydrogen-bond donors (Lipinski definition) is 2. The molecule has 0 aliphatic rings. The van der Waals surface area contributed by atoms with Gasteiger partial charge >= 0.3 is 5.97 Å². The number of amides is 1. The van der Waals surface area contributed by atoms with E-state index >= 15 is 0 Å². The Morgan fingerprint density at radius 3 is 2.81 bits per heavy atom. The molecule has 110 valence electrons. The molecule has 0 bridgehead atoms. The van der Waals surface area contributed by atoms with E-state index in [2.05, 4.69) is 10.3 Å². The van der Waals surface area contributed by atoms with Gasteiger partial charge in [-0.15, -0.1) is 0 Å². The van der Waals surface area contributed by atoms with Gasteiger partial charge in [0.1, 0.15) is 5.69 Å². The maximum Gasteiger partial charge on any atom is 0.303 e. The van der Waals surface area contributed by atoms with Gasteiger partial charge in [-0.2, -0.15) is 0 Å². The van der Waals surface area contributed by atoms with Crippen LogP contribution in [0.25, 0.3) is 10.8 Å². The Morgan fingerprint density at radius 2 is 2.05 bits per heavy atom. The molecule has 5 nitrogen and oxygen atoms in total. The Morgan fingerprint density at radius 1 is 1.29 bits per heavy atom. The molecule has 1 aromatic carbocycles. The van der Waals surface area contributed by atoms with Gasteiger partial charge in [0.05, 0.1) is 0 Å². The molecule has 0 fully saturated rings. The fourth-order valence-corrected chi connectivity index (χ4v) is 2.12. The lowest BCUT2D eigenvalue weighted by Crippen LogP contribution is -2.29. The van der Waals surface area contributed by atoms with Crippen LogP contribution in [0.4, 0.5) is 0 Å². The van der Waals surface area contributed by atoms with Crippen molar-refractivity contribution in [3.05, 3.63) is 42.2 Å². The highest BCUT2D eigenvalue weighted by Gasteiger charge is 2.13. The predicted octanol–water partition coefficient (Wildman–Crippen LogP) is 2.47. The van der Waals surface area contributed by atoms with Gasteiger partial charge in [0.2, 0.25) is 0 Å². The maximum atomic E-state index is 12.2. The van der Waals surface area contributed by atoms with Gasteiger partial charge in [0.25, 0.3) is 5.91 Å². The second-order valence-electron chi connectivity index (χ2n) is 5.13. The third-order valence-electron chi connectivity index (χ3n) is 3.35. The summed E-state index contributed by atoms with van der Waals surface area (Å²) in [5.74, 6) is -0.933. The van der Waals surface area contributed by atoms with Crippen molar-refractivity contribution < 1.29 is 14.7 Å². The standard InChI is InChI=1S/C16H18N2O3/c1-11(6-7-14(19)20)10-18-16(21)15-13-5-3-2-4-12(13)8-9-17-15/h2-5,8-9,11H,6-7,10H2,1H3,(H,18,21)(H,19,20). The first-order valence-electron chi connectivity index (χ1n) is 6.91. The molecule has 0 aliphatic heterocycles. The van der Waals surface area contributed by atoms with Crippen molar-refractivity contribution in [2.45, 2.75) is 19.8 Å². The summed E-state index contributed by atoms with van der Waals surface area (Å²) in [6, 6.07) is 9.45. The summed E-state index contributed by atoms with van der Waals surface area (Å²) in [6.07, 6.45) is 2.27. The zero-order chi connectivity index (χ0) is 15.2. The molecular weight excluding hydrogens is 268 g/mol.